The zero-order valence-corrected chi connectivity index (χ0v) is 26.9. The SMILES string of the molecule is CCOc1ccc(-n2c(C(C)N(CCc3ccc(OC)c(OC)c3)C(=O)c3ccc(Cl)cc3Cl)nc3ccccc3c2=O)cc1. The number of carbonyl (C=O) groups is 1. The molecule has 5 aromatic rings. The summed E-state index contributed by atoms with van der Waals surface area (Å²) in [4.78, 5) is 35.0. The monoisotopic (exact) mass is 645 g/mol. The molecule has 0 fully saturated rings. The van der Waals surface area contributed by atoms with E-state index in [2.05, 4.69) is 0 Å². The number of halogens is 2. The molecule has 0 aliphatic heterocycles. The molecule has 0 N–H and O–H groups in total. The Hall–Kier alpha value is -4.53. The first-order valence-corrected chi connectivity index (χ1v) is 15.2. The minimum atomic E-state index is -0.659. The van der Waals surface area contributed by atoms with Gasteiger partial charge in [0.1, 0.15) is 11.6 Å². The number of fused-ring (bicyclic) bond motifs is 1. The maximum atomic E-state index is 14.3. The van der Waals surface area contributed by atoms with Gasteiger partial charge >= 0.3 is 0 Å². The van der Waals surface area contributed by atoms with Crippen LogP contribution in [0.25, 0.3) is 16.6 Å². The second-order valence-electron chi connectivity index (χ2n) is 10.3. The van der Waals surface area contributed by atoms with E-state index in [1.165, 1.54) is 6.07 Å². The van der Waals surface area contributed by atoms with Crippen LogP contribution in [-0.2, 0) is 6.42 Å². The molecule has 0 radical (unpaired) electrons. The molecule has 4 aromatic carbocycles. The molecule has 0 aliphatic rings. The van der Waals surface area contributed by atoms with E-state index in [-0.39, 0.29) is 28.6 Å². The molecule has 8 nitrogen and oxygen atoms in total. The summed E-state index contributed by atoms with van der Waals surface area (Å²) in [5, 5.41) is 1.11. The molecule has 5 rings (SSSR count). The lowest BCUT2D eigenvalue weighted by atomic mass is 10.1. The van der Waals surface area contributed by atoms with Crippen LogP contribution in [0.3, 0.4) is 0 Å². The van der Waals surface area contributed by atoms with Crippen LogP contribution in [0.15, 0.2) is 89.7 Å². The van der Waals surface area contributed by atoms with Gasteiger partial charge in [0, 0.05) is 11.6 Å². The molecule has 1 amide bonds. The van der Waals surface area contributed by atoms with Gasteiger partial charge in [-0.3, -0.25) is 14.2 Å². The Labute approximate surface area is 271 Å². The third-order valence-corrected chi connectivity index (χ3v) is 8.11. The van der Waals surface area contributed by atoms with Gasteiger partial charge < -0.3 is 19.1 Å². The van der Waals surface area contributed by atoms with Gasteiger partial charge in [0.05, 0.1) is 54.0 Å². The predicted octanol–water partition coefficient (Wildman–Crippen LogP) is 7.55. The lowest BCUT2D eigenvalue weighted by Crippen LogP contribution is -2.39. The van der Waals surface area contributed by atoms with E-state index in [1.807, 2.05) is 62.4 Å². The first-order chi connectivity index (χ1) is 21.7. The Morgan fingerprint density at radius 3 is 2.36 bits per heavy atom. The van der Waals surface area contributed by atoms with E-state index in [4.69, 9.17) is 42.4 Å². The van der Waals surface area contributed by atoms with E-state index in [9.17, 15) is 9.59 Å². The van der Waals surface area contributed by atoms with Crippen LogP contribution in [0, 0.1) is 0 Å². The summed E-state index contributed by atoms with van der Waals surface area (Å²) in [7, 11) is 3.16. The number of hydrogen-bond acceptors (Lipinski definition) is 6. The van der Waals surface area contributed by atoms with Gasteiger partial charge in [0.2, 0.25) is 0 Å². The number of aromatic nitrogens is 2. The molecular weight excluding hydrogens is 613 g/mol. The van der Waals surface area contributed by atoms with Crippen LogP contribution in [0.1, 0.15) is 41.6 Å². The number of nitrogens with zero attached hydrogens (tertiary/aromatic N) is 3. The van der Waals surface area contributed by atoms with Gasteiger partial charge in [-0.25, -0.2) is 4.98 Å². The van der Waals surface area contributed by atoms with Crippen LogP contribution < -0.4 is 19.8 Å². The van der Waals surface area contributed by atoms with E-state index < -0.39 is 6.04 Å². The second-order valence-corrected chi connectivity index (χ2v) is 11.1. The van der Waals surface area contributed by atoms with E-state index in [0.29, 0.717) is 57.7 Å². The lowest BCUT2D eigenvalue weighted by Gasteiger charge is -2.31. The van der Waals surface area contributed by atoms with Crippen LogP contribution in [-0.4, -0.2) is 47.7 Å². The van der Waals surface area contributed by atoms with Crippen molar-refractivity contribution in [3.05, 3.63) is 122 Å². The normalized spacial score (nSPS) is 11.7. The van der Waals surface area contributed by atoms with Crippen molar-refractivity contribution in [2.24, 2.45) is 0 Å². The summed E-state index contributed by atoms with van der Waals surface area (Å²) in [5.74, 6) is 1.94. The molecule has 10 heteroatoms. The molecule has 0 bridgehead atoms. The van der Waals surface area contributed by atoms with E-state index in [0.717, 1.165) is 5.56 Å². The molecular formula is C35H33Cl2N3O5. The van der Waals surface area contributed by atoms with Gasteiger partial charge in [0.25, 0.3) is 11.5 Å². The second kappa shape index (κ2) is 14.1. The fourth-order valence-electron chi connectivity index (χ4n) is 5.25. The zero-order chi connectivity index (χ0) is 32.1. The molecule has 232 valence electrons. The number of carbonyl (C=O) groups excluding carboxylic acids is 1. The Morgan fingerprint density at radius 2 is 1.67 bits per heavy atom. The van der Waals surface area contributed by atoms with Crippen LogP contribution in [0.5, 0.6) is 17.2 Å². The molecule has 1 unspecified atom stereocenters. The molecule has 0 saturated carbocycles. The third-order valence-electron chi connectivity index (χ3n) is 7.56. The summed E-state index contributed by atoms with van der Waals surface area (Å²) in [6, 6.07) is 24.2. The average Bonchev–Trinajstić information content (AvgIpc) is 3.05. The zero-order valence-electron chi connectivity index (χ0n) is 25.4. The summed E-state index contributed by atoms with van der Waals surface area (Å²) in [6.07, 6.45) is 0.475. The van der Waals surface area contributed by atoms with Crippen molar-refractivity contribution < 1.29 is 19.0 Å². The molecule has 1 aromatic heterocycles. The minimum absolute atomic E-state index is 0.228. The lowest BCUT2D eigenvalue weighted by molar-refractivity contribution is 0.0684. The fraction of sp³-hybridized carbons (Fsp3) is 0.229. The minimum Gasteiger partial charge on any atom is -0.494 e. The maximum Gasteiger partial charge on any atom is 0.266 e. The van der Waals surface area contributed by atoms with Crippen molar-refractivity contribution in [3.8, 4) is 22.9 Å². The van der Waals surface area contributed by atoms with Crippen LogP contribution in [0.4, 0.5) is 0 Å². The topological polar surface area (TPSA) is 82.9 Å². The Kier molecular flexibility index (Phi) is 9.96. The van der Waals surface area contributed by atoms with Crippen molar-refractivity contribution in [3.63, 3.8) is 0 Å². The van der Waals surface area contributed by atoms with Crippen molar-refractivity contribution in [2.75, 3.05) is 27.4 Å². The van der Waals surface area contributed by atoms with Gasteiger partial charge in [-0.2, -0.15) is 0 Å². The fourth-order valence-corrected chi connectivity index (χ4v) is 5.74. The largest absolute Gasteiger partial charge is 0.494 e. The molecule has 0 saturated heterocycles. The van der Waals surface area contributed by atoms with Crippen molar-refractivity contribution in [1.82, 2.24) is 14.5 Å². The quantitative estimate of drug-likeness (QED) is 0.147. The summed E-state index contributed by atoms with van der Waals surface area (Å²) in [6.45, 7) is 4.56. The first-order valence-electron chi connectivity index (χ1n) is 14.5. The smallest absolute Gasteiger partial charge is 0.266 e. The predicted molar refractivity (Wildman–Crippen MR) is 178 cm³/mol. The molecule has 1 heterocycles. The maximum absolute atomic E-state index is 14.3. The van der Waals surface area contributed by atoms with Crippen LogP contribution in [0.2, 0.25) is 10.0 Å². The average molecular weight is 647 g/mol. The number of hydrogen-bond donors (Lipinski definition) is 0. The van der Waals surface area contributed by atoms with E-state index >= 15 is 0 Å². The number of amides is 1. The summed E-state index contributed by atoms with van der Waals surface area (Å²) in [5.41, 5.74) is 2.10. The standard InChI is InChI=1S/C35H33Cl2N3O5/c1-5-45-26-14-12-25(13-15-26)40-33(38-30-9-7-6-8-28(30)35(40)42)22(2)39(34(41)27-16-11-24(36)21-29(27)37)19-18-23-10-17-31(43-3)32(20-23)44-4/h6-17,20-22H,5,18-19H2,1-4H3. The highest BCUT2D eigenvalue weighted by molar-refractivity contribution is 6.36. The van der Waals surface area contributed by atoms with Crippen molar-refractivity contribution in [1.29, 1.82) is 0 Å². The molecule has 45 heavy (non-hydrogen) atoms. The Balaban J connectivity index is 1.63. The van der Waals surface area contributed by atoms with Gasteiger partial charge in [0.15, 0.2) is 11.5 Å². The summed E-state index contributed by atoms with van der Waals surface area (Å²) < 4.78 is 18.1. The van der Waals surface area contributed by atoms with Gasteiger partial charge in [-0.15, -0.1) is 0 Å². The van der Waals surface area contributed by atoms with E-state index in [1.54, 1.807) is 54.0 Å². The molecule has 1 atom stereocenters. The van der Waals surface area contributed by atoms with Crippen LogP contribution >= 0.6 is 23.2 Å². The Morgan fingerprint density at radius 1 is 0.933 bits per heavy atom. The molecule has 0 aliphatic carbocycles. The number of rotatable bonds is 11. The number of para-hydroxylation sites is 1. The number of methoxy groups -OCH3 is 2. The number of ether oxygens (including phenoxy) is 3. The van der Waals surface area contributed by atoms with Crippen molar-refractivity contribution >= 4 is 40.0 Å². The Bertz CT molecular complexity index is 1890. The highest BCUT2D eigenvalue weighted by Crippen LogP contribution is 2.31. The third kappa shape index (κ3) is 6.77. The summed E-state index contributed by atoms with van der Waals surface area (Å²) >= 11 is 12.7. The van der Waals surface area contributed by atoms with Crippen molar-refractivity contribution in [2.45, 2.75) is 26.3 Å². The highest BCUT2D eigenvalue weighted by Gasteiger charge is 2.29. The first kappa shape index (κ1) is 31.9. The highest BCUT2D eigenvalue weighted by atomic mass is 35.5. The number of benzene rings is 4. The molecule has 0 spiro atoms. The van der Waals surface area contributed by atoms with Gasteiger partial charge in [-0.05, 0) is 92.6 Å². The van der Waals surface area contributed by atoms with Gasteiger partial charge in [-0.1, -0.05) is 41.4 Å².